The van der Waals surface area contributed by atoms with Gasteiger partial charge in [-0.25, -0.2) is 8.42 Å². The van der Waals surface area contributed by atoms with Gasteiger partial charge in [0.05, 0.1) is 17.5 Å². The van der Waals surface area contributed by atoms with Crippen LogP contribution in [0.25, 0.3) is 0 Å². The largest absolute Gasteiger partial charge is 0.456 e. The van der Waals surface area contributed by atoms with Crippen LogP contribution in [0.1, 0.15) is 42.5 Å². The van der Waals surface area contributed by atoms with Crippen LogP contribution in [0.3, 0.4) is 0 Å². The summed E-state index contributed by atoms with van der Waals surface area (Å²) in [7, 11) is -3.11. The maximum absolute atomic E-state index is 12.4. The Kier molecular flexibility index (Phi) is 4.77. The van der Waals surface area contributed by atoms with Crippen LogP contribution in [-0.2, 0) is 16.3 Å². The molecule has 3 rings (SSSR count). The summed E-state index contributed by atoms with van der Waals surface area (Å²) >= 11 is 0. The van der Waals surface area contributed by atoms with Gasteiger partial charge < -0.3 is 9.73 Å². The lowest BCUT2D eigenvalue weighted by Crippen LogP contribution is -2.52. The maximum Gasteiger partial charge on any atom is 0.287 e. The molecule has 1 aromatic heterocycles. The third kappa shape index (κ3) is 3.77. The van der Waals surface area contributed by atoms with E-state index in [1.807, 2.05) is 6.92 Å². The van der Waals surface area contributed by atoms with E-state index < -0.39 is 9.84 Å². The second-order valence-electron chi connectivity index (χ2n) is 6.44. The Morgan fingerprint density at radius 3 is 2.65 bits per heavy atom. The highest BCUT2D eigenvalue weighted by Gasteiger charge is 2.42. The minimum atomic E-state index is -3.11. The van der Waals surface area contributed by atoms with Gasteiger partial charge in [-0.1, -0.05) is 13.3 Å². The molecule has 1 N–H and O–H groups in total. The summed E-state index contributed by atoms with van der Waals surface area (Å²) in [4.78, 5) is 14.6. The van der Waals surface area contributed by atoms with Crippen LogP contribution >= 0.6 is 0 Å². The summed E-state index contributed by atoms with van der Waals surface area (Å²) in [5.74, 6) is 0.830. The number of hydrogen-bond donors (Lipinski definition) is 1. The van der Waals surface area contributed by atoms with Crippen LogP contribution in [0.2, 0.25) is 0 Å². The van der Waals surface area contributed by atoms with Crippen molar-refractivity contribution in [3.05, 3.63) is 23.7 Å². The minimum Gasteiger partial charge on any atom is -0.456 e. The zero-order chi connectivity index (χ0) is 16.4. The Hall–Kier alpha value is -1.34. The molecular formula is C16H24N2O4S. The van der Waals surface area contributed by atoms with E-state index in [9.17, 15) is 13.2 Å². The standard InChI is InChI=1S/C16H24N2O4S/c1-2-12-6-7-15(22-12)16(19)17-13-10-23(20,21)11-14(13)18-8-4-3-5-9-18/h6-7,13-14H,2-5,8-11H2,1H3,(H,17,19). The SMILES string of the molecule is CCc1ccc(C(=O)NC2CS(=O)(=O)CC2N2CCCCC2)o1. The molecule has 0 saturated carbocycles. The van der Waals surface area contributed by atoms with Crippen molar-refractivity contribution in [2.24, 2.45) is 0 Å². The number of nitrogens with zero attached hydrogens (tertiary/aromatic N) is 1. The normalized spacial score (nSPS) is 27.9. The Morgan fingerprint density at radius 1 is 1.26 bits per heavy atom. The molecule has 7 heteroatoms. The molecule has 23 heavy (non-hydrogen) atoms. The number of nitrogens with one attached hydrogen (secondary N) is 1. The molecule has 0 spiro atoms. The number of furan rings is 1. The monoisotopic (exact) mass is 340 g/mol. The van der Waals surface area contributed by atoms with Gasteiger partial charge in [0.25, 0.3) is 5.91 Å². The molecule has 128 valence electrons. The van der Waals surface area contributed by atoms with Gasteiger partial charge >= 0.3 is 0 Å². The van der Waals surface area contributed by atoms with Gasteiger partial charge in [-0.3, -0.25) is 9.69 Å². The van der Waals surface area contributed by atoms with Crippen molar-refractivity contribution in [1.29, 1.82) is 0 Å². The average molecular weight is 340 g/mol. The van der Waals surface area contributed by atoms with Crippen LogP contribution in [0.15, 0.2) is 16.5 Å². The summed E-state index contributed by atoms with van der Waals surface area (Å²) in [6, 6.07) is 2.95. The molecule has 2 saturated heterocycles. The molecule has 0 radical (unpaired) electrons. The van der Waals surface area contributed by atoms with E-state index in [0.717, 1.165) is 38.1 Å². The molecular weight excluding hydrogens is 316 g/mol. The first-order chi connectivity index (χ1) is 11.0. The van der Waals surface area contributed by atoms with Gasteiger partial charge in [-0.15, -0.1) is 0 Å². The molecule has 0 aromatic carbocycles. The van der Waals surface area contributed by atoms with Gasteiger partial charge in [0.2, 0.25) is 0 Å². The molecule has 2 atom stereocenters. The zero-order valence-corrected chi connectivity index (χ0v) is 14.3. The lowest BCUT2D eigenvalue weighted by atomic mass is 10.0. The minimum absolute atomic E-state index is 0.0151. The van der Waals surface area contributed by atoms with Crippen molar-refractivity contribution in [1.82, 2.24) is 10.2 Å². The number of carbonyl (C=O) groups excluding carboxylic acids is 1. The van der Waals surface area contributed by atoms with E-state index >= 15 is 0 Å². The number of likely N-dealkylation sites (tertiary alicyclic amines) is 1. The van der Waals surface area contributed by atoms with E-state index in [2.05, 4.69) is 10.2 Å². The lowest BCUT2D eigenvalue weighted by molar-refractivity contribution is 0.0871. The maximum atomic E-state index is 12.4. The highest BCUT2D eigenvalue weighted by atomic mass is 32.2. The topological polar surface area (TPSA) is 79.6 Å². The molecule has 0 bridgehead atoms. The first kappa shape index (κ1) is 16.5. The Bertz CT molecular complexity index is 661. The highest BCUT2D eigenvalue weighted by molar-refractivity contribution is 7.91. The van der Waals surface area contributed by atoms with E-state index in [1.54, 1.807) is 12.1 Å². The lowest BCUT2D eigenvalue weighted by Gasteiger charge is -2.34. The van der Waals surface area contributed by atoms with Crippen LogP contribution in [-0.4, -0.2) is 55.9 Å². The molecule has 0 aliphatic carbocycles. The zero-order valence-electron chi connectivity index (χ0n) is 13.5. The third-order valence-corrected chi connectivity index (χ3v) is 6.45. The average Bonchev–Trinajstić information content (AvgIpc) is 3.12. The Labute approximate surface area is 137 Å². The van der Waals surface area contributed by atoms with Crippen molar-refractivity contribution in [2.75, 3.05) is 24.6 Å². The molecule has 1 amide bonds. The predicted octanol–water partition coefficient (Wildman–Crippen LogP) is 1.22. The van der Waals surface area contributed by atoms with Gasteiger partial charge in [0.1, 0.15) is 5.76 Å². The third-order valence-electron chi connectivity index (χ3n) is 4.73. The fourth-order valence-corrected chi connectivity index (χ4v) is 5.46. The number of aryl methyl sites for hydroxylation is 1. The van der Waals surface area contributed by atoms with Crippen LogP contribution in [0.4, 0.5) is 0 Å². The molecule has 1 aromatic rings. The van der Waals surface area contributed by atoms with Crippen molar-refractivity contribution in [2.45, 2.75) is 44.7 Å². The number of amides is 1. The summed E-state index contributed by atoms with van der Waals surface area (Å²) in [6.07, 6.45) is 4.10. The van der Waals surface area contributed by atoms with E-state index in [4.69, 9.17) is 4.42 Å². The number of piperidine rings is 1. The van der Waals surface area contributed by atoms with Crippen molar-refractivity contribution >= 4 is 15.7 Å². The fraction of sp³-hybridized carbons (Fsp3) is 0.688. The molecule has 2 unspecified atom stereocenters. The van der Waals surface area contributed by atoms with Crippen LogP contribution in [0.5, 0.6) is 0 Å². The first-order valence-electron chi connectivity index (χ1n) is 8.32. The smallest absolute Gasteiger partial charge is 0.287 e. The number of hydrogen-bond acceptors (Lipinski definition) is 5. The van der Waals surface area contributed by atoms with E-state index in [0.29, 0.717) is 0 Å². The summed E-state index contributed by atoms with van der Waals surface area (Å²) in [5, 5.41) is 2.88. The number of rotatable bonds is 4. The molecule has 2 aliphatic rings. The quantitative estimate of drug-likeness (QED) is 0.891. The van der Waals surface area contributed by atoms with E-state index in [1.165, 1.54) is 6.42 Å². The molecule has 2 fully saturated rings. The van der Waals surface area contributed by atoms with Crippen molar-refractivity contribution in [3.63, 3.8) is 0 Å². The van der Waals surface area contributed by atoms with Gasteiger partial charge in [0.15, 0.2) is 15.6 Å². The van der Waals surface area contributed by atoms with Crippen LogP contribution in [0, 0.1) is 0 Å². The highest BCUT2D eigenvalue weighted by Crippen LogP contribution is 2.23. The van der Waals surface area contributed by atoms with Crippen molar-refractivity contribution in [3.8, 4) is 0 Å². The summed E-state index contributed by atoms with van der Waals surface area (Å²) < 4.78 is 29.6. The Morgan fingerprint density at radius 2 is 2.00 bits per heavy atom. The molecule has 3 heterocycles. The second kappa shape index (κ2) is 6.65. The summed E-state index contributed by atoms with van der Waals surface area (Å²) in [5.41, 5.74) is 0. The predicted molar refractivity (Wildman–Crippen MR) is 87.2 cm³/mol. The summed E-state index contributed by atoms with van der Waals surface area (Å²) in [6.45, 7) is 3.77. The fourth-order valence-electron chi connectivity index (χ4n) is 3.51. The molecule has 2 aliphatic heterocycles. The molecule has 6 nitrogen and oxygen atoms in total. The number of sulfone groups is 1. The second-order valence-corrected chi connectivity index (χ2v) is 8.59. The first-order valence-corrected chi connectivity index (χ1v) is 10.1. The van der Waals surface area contributed by atoms with Gasteiger partial charge in [0, 0.05) is 12.5 Å². The Balaban J connectivity index is 1.71. The van der Waals surface area contributed by atoms with Gasteiger partial charge in [-0.05, 0) is 38.1 Å². The van der Waals surface area contributed by atoms with E-state index in [-0.39, 0.29) is 35.3 Å². The van der Waals surface area contributed by atoms with Crippen molar-refractivity contribution < 1.29 is 17.6 Å². The van der Waals surface area contributed by atoms with Crippen LogP contribution < -0.4 is 5.32 Å². The number of carbonyl (C=O) groups is 1. The van der Waals surface area contributed by atoms with Gasteiger partial charge in [-0.2, -0.15) is 0 Å².